The van der Waals surface area contributed by atoms with Crippen molar-refractivity contribution in [2.24, 2.45) is 0 Å². The lowest BCUT2D eigenvalue weighted by Crippen LogP contribution is -2.47. The van der Waals surface area contributed by atoms with Crippen LogP contribution in [0.4, 0.5) is 11.4 Å². The number of carbonyl (C=O) groups is 1. The van der Waals surface area contributed by atoms with Crippen molar-refractivity contribution in [2.45, 2.75) is 11.3 Å². The summed E-state index contributed by atoms with van der Waals surface area (Å²) in [6.45, 7) is 0. The van der Waals surface area contributed by atoms with Crippen molar-refractivity contribution >= 4 is 40.6 Å². The van der Waals surface area contributed by atoms with Crippen LogP contribution in [0.25, 0.3) is 0 Å². The van der Waals surface area contributed by atoms with Crippen LogP contribution in [-0.2, 0) is 5.75 Å². The second kappa shape index (κ2) is 8.17. The van der Waals surface area contributed by atoms with Gasteiger partial charge in [-0.15, -0.1) is 11.8 Å². The first-order chi connectivity index (χ1) is 13.7. The molecule has 1 aliphatic rings. The Morgan fingerprint density at radius 2 is 1.82 bits per heavy atom. The number of amides is 1. The number of ether oxygens (including phenoxy) is 1. The predicted octanol–water partition coefficient (Wildman–Crippen LogP) is 5.64. The van der Waals surface area contributed by atoms with Crippen molar-refractivity contribution in [2.75, 3.05) is 17.3 Å². The molecule has 0 spiro atoms. The van der Waals surface area contributed by atoms with Crippen molar-refractivity contribution in [1.82, 2.24) is 0 Å². The number of carbonyl (C=O) groups excluding carboxylic acids is 1. The summed E-state index contributed by atoms with van der Waals surface area (Å²) < 4.78 is 5.25. The zero-order chi connectivity index (χ0) is 19.5. The quantitative estimate of drug-likeness (QED) is 0.591. The molecule has 3 aromatic rings. The number of methoxy groups -OCH3 is 1. The van der Waals surface area contributed by atoms with E-state index in [2.05, 4.69) is 17.4 Å². The largest absolute Gasteiger partial charge is 0.497 e. The Labute approximate surface area is 173 Å². The van der Waals surface area contributed by atoms with Gasteiger partial charge >= 0.3 is 0 Å². The van der Waals surface area contributed by atoms with E-state index in [9.17, 15) is 4.79 Å². The molecule has 1 aliphatic heterocycles. The predicted molar refractivity (Wildman–Crippen MR) is 116 cm³/mol. The molecule has 1 heterocycles. The SMILES string of the molecule is COc1ccc(N2C(=O)c3cc(Cl)ccc3NC2SCc2ccccc2)cc1. The van der Waals surface area contributed by atoms with Gasteiger partial charge in [-0.3, -0.25) is 9.69 Å². The first-order valence-corrected chi connectivity index (χ1v) is 10.3. The van der Waals surface area contributed by atoms with Gasteiger partial charge in [-0.2, -0.15) is 0 Å². The highest BCUT2D eigenvalue weighted by molar-refractivity contribution is 7.99. The topological polar surface area (TPSA) is 41.6 Å². The molecule has 4 nitrogen and oxygen atoms in total. The van der Waals surface area contributed by atoms with Crippen molar-refractivity contribution in [1.29, 1.82) is 0 Å². The molecular formula is C22H19ClN2O2S. The molecule has 0 fully saturated rings. The molecular weight excluding hydrogens is 392 g/mol. The number of anilines is 2. The third-order valence-electron chi connectivity index (χ3n) is 4.55. The summed E-state index contributed by atoms with van der Waals surface area (Å²) in [5.41, 5.74) is 3.13. The molecule has 0 saturated heterocycles. The van der Waals surface area contributed by atoms with E-state index < -0.39 is 0 Å². The summed E-state index contributed by atoms with van der Waals surface area (Å²) in [6, 6.07) is 23.1. The molecule has 1 atom stereocenters. The molecule has 0 bridgehead atoms. The van der Waals surface area contributed by atoms with Gasteiger partial charge in [-0.25, -0.2) is 0 Å². The van der Waals surface area contributed by atoms with Gasteiger partial charge in [-0.05, 0) is 48.0 Å². The molecule has 3 aromatic carbocycles. The molecule has 0 aromatic heterocycles. The molecule has 4 rings (SSSR count). The lowest BCUT2D eigenvalue weighted by molar-refractivity contribution is 0.0983. The highest BCUT2D eigenvalue weighted by Crippen LogP contribution is 2.36. The Morgan fingerprint density at radius 3 is 2.54 bits per heavy atom. The zero-order valence-corrected chi connectivity index (χ0v) is 16.8. The van der Waals surface area contributed by atoms with E-state index in [1.165, 1.54) is 5.56 Å². The van der Waals surface area contributed by atoms with Gasteiger partial charge < -0.3 is 10.1 Å². The van der Waals surface area contributed by atoms with Gasteiger partial charge in [0.1, 0.15) is 5.75 Å². The highest BCUT2D eigenvalue weighted by Gasteiger charge is 2.33. The van der Waals surface area contributed by atoms with Gasteiger partial charge in [0.25, 0.3) is 5.91 Å². The molecule has 0 saturated carbocycles. The molecule has 1 amide bonds. The van der Waals surface area contributed by atoms with Crippen molar-refractivity contribution in [3.63, 3.8) is 0 Å². The summed E-state index contributed by atoms with van der Waals surface area (Å²) in [6.07, 6.45) is 0. The smallest absolute Gasteiger partial charge is 0.262 e. The fourth-order valence-corrected chi connectivity index (χ4v) is 4.41. The van der Waals surface area contributed by atoms with E-state index in [4.69, 9.17) is 16.3 Å². The minimum Gasteiger partial charge on any atom is -0.497 e. The van der Waals surface area contributed by atoms with E-state index >= 15 is 0 Å². The Balaban J connectivity index is 1.67. The standard InChI is InChI=1S/C22H19ClN2O2S/c1-27-18-10-8-17(9-11-18)25-21(26)19-13-16(23)7-12-20(19)24-22(25)28-14-15-5-3-2-4-6-15/h2-13,22,24H,14H2,1H3. The van der Waals surface area contributed by atoms with E-state index in [0.717, 1.165) is 22.9 Å². The van der Waals surface area contributed by atoms with Crippen LogP contribution in [0.2, 0.25) is 5.02 Å². The van der Waals surface area contributed by atoms with Crippen LogP contribution in [0.5, 0.6) is 5.75 Å². The van der Waals surface area contributed by atoms with Crippen LogP contribution in [0, 0.1) is 0 Å². The second-order valence-corrected chi connectivity index (χ2v) is 7.86. The number of benzene rings is 3. The summed E-state index contributed by atoms with van der Waals surface area (Å²) >= 11 is 7.80. The molecule has 0 aliphatic carbocycles. The lowest BCUT2D eigenvalue weighted by Gasteiger charge is -2.37. The van der Waals surface area contributed by atoms with E-state index in [-0.39, 0.29) is 11.4 Å². The maximum absolute atomic E-state index is 13.3. The van der Waals surface area contributed by atoms with Gasteiger partial charge in [0.15, 0.2) is 5.50 Å². The number of hydrogen-bond donors (Lipinski definition) is 1. The van der Waals surface area contributed by atoms with E-state index in [0.29, 0.717) is 10.6 Å². The fraction of sp³-hybridized carbons (Fsp3) is 0.136. The molecule has 1 N–H and O–H groups in total. The van der Waals surface area contributed by atoms with Crippen molar-refractivity contribution in [3.05, 3.63) is 88.9 Å². The summed E-state index contributed by atoms with van der Waals surface area (Å²) in [7, 11) is 1.62. The van der Waals surface area contributed by atoms with Crippen LogP contribution < -0.4 is 15.0 Å². The normalized spacial score (nSPS) is 15.7. The molecule has 28 heavy (non-hydrogen) atoms. The summed E-state index contributed by atoms with van der Waals surface area (Å²) in [5.74, 6) is 1.45. The zero-order valence-electron chi connectivity index (χ0n) is 15.3. The Morgan fingerprint density at radius 1 is 1.07 bits per heavy atom. The second-order valence-electron chi connectivity index (χ2n) is 6.36. The van der Waals surface area contributed by atoms with E-state index in [1.54, 1.807) is 35.9 Å². The Bertz CT molecular complexity index is 980. The van der Waals surface area contributed by atoms with Crippen molar-refractivity contribution in [3.8, 4) is 5.75 Å². The average Bonchev–Trinajstić information content (AvgIpc) is 2.74. The number of halogens is 1. The van der Waals surface area contributed by atoms with Crippen LogP contribution in [-0.4, -0.2) is 18.5 Å². The van der Waals surface area contributed by atoms with Gasteiger partial charge in [0.05, 0.1) is 12.7 Å². The number of nitrogens with one attached hydrogen (secondary N) is 1. The van der Waals surface area contributed by atoms with Gasteiger partial charge in [0, 0.05) is 22.2 Å². The number of rotatable bonds is 5. The van der Waals surface area contributed by atoms with Crippen LogP contribution in [0.1, 0.15) is 15.9 Å². The van der Waals surface area contributed by atoms with Gasteiger partial charge in [-0.1, -0.05) is 41.9 Å². The minimum absolute atomic E-state index is 0.0769. The third kappa shape index (κ3) is 3.81. The van der Waals surface area contributed by atoms with Crippen LogP contribution in [0.15, 0.2) is 72.8 Å². The summed E-state index contributed by atoms with van der Waals surface area (Å²) in [5, 5.41) is 4.02. The first-order valence-electron chi connectivity index (χ1n) is 8.85. The molecule has 1 unspecified atom stereocenters. The number of hydrogen-bond acceptors (Lipinski definition) is 4. The number of fused-ring (bicyclic) bond motifs is 1. The molecule has 142 valence electrons. The average molecular weight is 411 g/mol. The van der Waals surface area contributed by atoms with Crippen molar-refractivity contribution < 1.29 is 9.53 Å². The minimum atomic E-state index is -0.241. The van der Waals surface area contributed by atoms with Crippen LogP contribution >= 0.6 is 23.4 Å². The monoisotopic (exact) mass is 410 g/mol. The van der Waals surface area contributed by atoms with Crippen LogP contribution in [0.3, 0.4) is 0 Å². The highest BCUT2D eigenvalue weighted by atomic mass is 35.5. The Hall–Kier alpha value is -2.63. The Kier molecular flexibility index (Phi) is 5.46. The molecule has 0 radical (unpaired) electrons. The maximum Gasteiger partial charge on any atom is 0.262 e. The summed E-state index contributed by atoms with van der Waals surface area (Å²) in [4.78, 5) is 15.1. The fourth-order valence-electron chi connectivity index (χ4n) is 3.11. The lowest BCUT2D eigenvalue weighted by atomic mass is 10.1. The van der Waals surface area contributed by atoms with Gasteiger partial charge in [0.2, 0.25) is 0 Å². The number of nitrogens with zero attached hydrogens (tertiary/aromatic N) is 1. The maximum atomic E-state index is 13.3. The number of thioether (sulfide) groups is 1. The molecule has 6 heteroatoms. The van der Waals surface area contributed by atoms with E-state index in [1.807, 2.05) is 48.5 Å². The first kappa shape index (κ1) is 18.7. The third-order valence-corrected chi connectivity index (χ3v) is 5.93.